The summed E-state index contributed by atoms with van der Waals surface area (Å²) in [6, 6.07) is 4.00. The maximum absolute atomic E-state index is 12.7. The van der Waals surface area contributed by atoms with Crippen LogP contribution in [0.15, 0.2) is 35.1 Å². The smallest absolute Gasteiger partial charge is 0.231 e. The van der Waals surface area contributed by atoms with Crippen LogP contribution in [0, 0.1) is 24.7 Å². The molecule has 2 aliphatic rings. The zero-order chi connectivity index (χ0) is 17.2. The molecule has 2 aromatic heterocycles. The van der Waals surface area contributed by atoms with Gasteiger partial charge in [-0.15, -0.1) is 0 Å². The zero-order valence-electron chi connectivity index (χ0n) is 14.2. The molecule has 0 aliphatic carbocycles. The van der Waals surface area contributed by atoms with E-state index in [-0.39, 0.29) is 11.8 Å². The predicted octanol–water partition coefficient (Wildman–Crippen LogP) is 1.71. The van der Waals surface area contributed by atoms with E-state index >= 15 is 0 Å². The third-order valence-corrected chi connectivity index (χ3v) is 5.04. The number of hydrogen-bond acceptors (Lipinski definition) is 6. The van der Waals surface area contributed by atoms with Crippen molar-refractivity contribution in [1.29, 1.82) is 0 Å². The molecule has 2 aliphatic heterocycles. The van der Waals surface area contributed by atoms with Gasteiger partial charge in [-0.3, -0.25) is 14.7 Å². The third-order valence-electron chi connectivity index (χ3n) is 5.04. The number of likely N-dealkylation sites (tertiary alicyclic amines) is 1. The molecular formula is C18H22N4O3. The van der Waals surface area contributed by atoms with Gasteiger partial charge in [-0.1, -0.05) is 0 Å². The fourth-order valence-electron chi connectivity index (χ4n) is 3.86. The molecule has 25 heavy (non-hydrogen) atoms. The van der Waals surface area contributed by atoms with Gasteiger partial charge in [-0.05, 0) is 30.9 Å². The van der Waals surface area contributed by atoms with Crippen molar-refractivity contribution in [2.75, 3.05) is 31.6 Å². The molecule has 1 N–H and O–H groups in total. The van der Waals surface area contributed by atoms with E-state index in [9.17, 15) is 4.79 Å². The van der Waals surface area contributed by atoms with Gasteiger partial charge in [-0.2, -0.15) is 0 Å². The van der Waals surface area contributed by atoms with Gasteiger partial charge in [-0.25, -0.2) is 4.98 Å². The van der Waals surface area contributed by atoms with Crippen LogP contribution in [0.5, 0.6) is 0 Å². The first-order valence-corrected chi connectivity index (χ1v) is 8.61. The Morgan fingerprint density at radius 3 is 3.00 bits per heavy atom. The molecule has 0 bridgehead atoms. The highest BCUT2D eigenvalue weighted by Crippen LogP contribution is 2.35. The normalized spacial score (nSPS) is 26.4. The number of carbonyl (C=O) groups excluding carboxylic acids is 1. The van der Waals surface area contributed by atoms with E-state index in [0.29, 0.717) is 30.9 Å². The number of carbonyl (C=O) groups is 1. The van der Waals surface area contributed by atoms with E-state index in [1.807, 2.05) is 19.1 Å². The van der Waals surface area contributed by atoms with Crippen molar-refractivity contribution < 1.29 is 13.9 Å². The molecule has 2 fully saturated rings. The van der Waals surface area contributed by atoms with Gasteiger partial charge in [0.1, 0.15) is 11.5 Å². The fraction of sp³-hybridized carbons (Fsp3) is 0.500. The maximum Gasteiger partial charge on any atom is 0.231 e. The van der Waals surface area contributed by atoms with Gasteiger partial charge >= 0.3 is 0 Å². The van der Waals surface area contributed by atoms with Gasteiger partial charge in [0, 0.05) is 25.5 Å². The van der Waals surface area contributed by atoms with Crippen LogP contribution in [0.1, 0.15) is 11.5 Å². The molecule has 2 saturated heterocycles. The standard InChI is InChI=1S/C18H22N4O3/c1-12-2-3-14(25-12)8-22-7-13-10-24-11-16(15(13)9-22)18(23)21-17-6-19-4-5-20-17/h2-6,13,15-16H,7-11H2,1H3,(H,20,21,23)/t13-,15-,16+/m1/s1. The van der Waals surface area contributed by atoms with E-state index in [1.165, 1.54) is 0 Å². The van der Waals surface area contributed by atoms with E-state index in [0.717, 1.165) is 31.2 Å². The second kappa shape index (κ2) is 6.93. The molecule has 0 saturated carbocycles. The lowest BCUT2D eigenvalue weighted by Crippen LogP contribution is -2.42. The Kier molecular flexibility index (Phi) is 4.50. The van der Waals surface area contributed by atoms with Crippen LogP contribution in [-0.2, 0) is 16.1 Å². The molecule has 0 radical (unpaired) electrons. The lowest BCUT2D eigenvalue weighted by atomic mass is 9.82. The number of rotatable bonds is 4. The van der Waals surface area contributed by atoms with E-state index < -0.39 is 0 Å². The van der Waals surface area contributed by atoms with Gasteiger partial charge in [0.25, 0.3) is 0 Å². The molecular weight excluding hydrogens is 320 g/mol. The Balaban J connectivity index is 1.41. The van der Waals surface area contributed by atoms with Crippen molar-refractivity contribution in [2.24, 2.45) is 17.8 Å². The number of aromatic nitrogens is 2. The molecule has 3 atom stereocenters. The lowest BCUT2D eigenvalue weighted by Gasteiger charge is -2.31. The first kappa shape index (κ1) is 16.2. The Bertz CT molecular complexity index is 733. The van der Waals surface area contributed by atoms with Crippen molar-refractivity contribution in [3.8, 4) is 0 Å². The second-order valence-electron chi connectivity index (χ2n) is 6.85. The van der Waals surface area contributed by atoms with Crippen LogP contribution < -0.4 is 5.32 Å². The van der Waals surface area contributed by atoms with Crippen molar-refractivity contribution in [3.63, 3.8) is 0 Å². The highest BCUT2D eigenvalue weighted by Gasteiger charge is 2.44. The number of nitrogens with one attached hydrogen (secondary N) is 1. The minimum atomic E-state index is -0.163. The van der Waals surface area contributed by atoms with Gasteiger partial charge in [0.05, 0.1) is 31.9 Å². The summed E-state index contributed by atoms with van der Waals surface area (Å²) < 4.78 is 11.4. The summed E-state index contributed by atoms with van der Waals surface area (Å²) in [4.78, 5) is 23.1. The average molecular weight is 342 g/mol. The Labute approximate surface area is 146 Å². The summed E-state index contributed by atoms with van der Waals surface area (Å²) in [5, 5.41) is 2.86. The van der Waals surface area contributed by atoms with Crippen LogP contribution in [0.3, 0.4) is 0 Å². The number of aryl methyl sites for hydroxylation is 1. The van der Waals surface area contributed by atoms with Crippen molar-refractivity contribution in [1.82, 2.24) is 14.9 Å². The van der Waals surface area contributed by atoms with Crippen LogP contribution in [0.4, 0.5) is 5.82 Å². The number of hydrogen-bond donors (Lipinski definition) is 1. The Hall–Kier alpha value is -2.25. The Morgan fingerprint density at radius 2 is 2.24 bits per heavy atom. The first-order valence-electron chi connectivity index (χ1n) is 8.61. The summed E-state index contributed by atoms with van der Waals surface area (Å²) in [5.74, 6) is 2.85. The molecule has 0 aromatic carbocycles. The molecule has 4 heterocycles. The molecule has 7 nitrogen and oxygen atoms in total. The fourth-order valence-corrected chi connectivity index (χ4v) is 3.86. The van der Waals surface area contributed by atoms with E-state index in [2.05, 4.69) is 20.2 Å². The van der Waals surface area contributed by atoms with Crippen molar-refractivity contribution in [2.45, 2.75) is 13.5 Å². The highest BCUT2D eigenvalue weighted by molar-refractivity contribution is 5.92. The molecule has 7 heteroatoms. The van der Waals surface area contributed by atoms with Crippen LogP contribution in [0.2, 0.25) is 0 Å². The summed E-state index contributed by atoms with van der Waals surface area (Å²) in [6.45, 7) is 5.72. The maximum atomic E-state index is 12.7. The van der Waals surface area contributed by atoms with E-state index in [4.69, 9.17) is 9.15 Å². The van der Waals surface area contributed by atoms with Crippen molar-refractivity contribution >= 4 is 11.7 Å². The van der Waals surface area contributed by atoms with Gasteiger partial charge < -0.3 is 14.5 Å². The monoisotopic (exact) mass is 342 g/mol. The quantitative estimate of drug-likeness (QED) is 0.911. The summed E-state index contributed by atoms with van der Waals surface area (Å²) >= 11 is 0. The molecule has 0 unspecified atom stereocenters. The predicted molar refractivity (Wildman–Crippen MR) is 90.7 cm³/mol. The van der Waals surface area contributed by atoms with Crippen molar-refractivity contribution in [3.05, 3.63) is 42.2 Å². The van der Waals surface area contributed by atoms with Gasteiger partial charge in [0.2, 0.25) is 5.91 Å². The largest absolute Gasteiger partial charge is 0.465 e. The highest BCUT2D eigenvalue weighted by atomic mass is 16.5. The Morgan fingerprint density at radius 1 is 1.32 bits per heavy atom. The van der Waals surface area contributed by atoms with Gasteiger partial charge in [0.15, 0.2) is 5.82 Å². The summed E-state index contributed by atoms with van der Waals surface area (Å²) in [6.07, 6.45) is 4.71. The second-order valence-corrected chi connectivity index (χ2v) is 6.85. The molecule has 1 amide bonds. The number of nitrogens with zero attached hydrogens (tertiary/aromatic N) is 3. The van der Waals surface area contributed by atoms with E-state index in [1.54, 1.807) is 18.6 Å². The minimum absolute atomic E-state index is 0.0362. The topological polar surface area (TPSA) is 80.5 Å². The zero-order valence-corrected chi connectivity index (χ0v) is 14.2. The first-order chi connectivity index (χ1) is 12.2. The third kappa shape index (κ3) is 3.57. The molecule has 2 aromatic rings. The minimum Gasteiger partial charge on any atom is -0.465 e. The summed E-state index contributed by atoms with van der Waals surface area (Å²) in [7, 11) is 0. The molecule has 0 spiro atoms. The SMILES string of the molecule is Cc1ccc(CN2C[C@@H]3COC[C@H](C(=O)Nc4cnccn4)[C@@H]3C2)o1. The number of ether oxygens (including phenoxy) is 1. The molecule has 4 rings (SSSR count). The lowest BCUT2D eigenvalue weighted by molar-refractivity contribution is -0.128. The number of furan rings is 1. The van der Waals surface area contributed by atoms with Crippen LogP contribution in [0.25, 0.3) is 0 Å². The average Bonchev–Trinajstić information content (AvgIpc) is 3.21. The number of fused-ring (bicyclic) bond motifs is 1. The molecule has 132 valence electrons. The number of amides is 1. The van der Waals surface area contributed by atoms with Crippen LogP contribution >= 0.6 is 0 Å². The number of anilines is 1. The summed E-state index contributed by atoms with van der Waals surface area (Å²) in [5.41, 5.74) is 0. The van der Waals surface area contributed by atoms with Crippen LogP contribution in [-0.4, -0.2) is 47.1 Å².